The van der Waals surface area contributed by atoms with Gasteiger partial charge in [-0.25, -0.2) is 9.48 Å². The normalized spacial score (nSPS) is 20.2. The van der Waals surface area contributed by atoms with Gasteiger partial charge in [-0.1, -0.05) is 51.8 Å². The second-order valence-electron chi connectivity index (χ2n) is 8.70. The van der Waals surface area contributed by atoms with Crippen LogP contribution in [0.25, 0.3) is 10.8 Å². The molecule has 7 heteroatoms. The van der Waals surface area contributed by atoms with Crippen molar-refractivity contribution >= 4 is 22.6 Å². The van der Waals surface area contributed by atoms with Crippen LogP contribution in [0.3, 0.4) is 0 Å². The van der Waals surface area contributed by atoms with Gasteiger partial charge in [-0.2, -0.15) is 5.10 Å². The van der Waals surface area contributed by atoms with Gasteiger partial charge in [0.1, 0.15) is 0 Å². The molecule has 7 nitrogen and oxygen atoms in total. The highest BCUT2D eigenvalue weighted by Gasteiger charge is 2.27. The number of esters is 1. The van der Waals surface area contributed by atoms with E-state index in [0.717, 1.165) is 19.3 Å². The number of carbonyl (C=O) groups is 2. The van der Waals surface area contributed by atoms with E-state index in [0.29, 0.717) is 23.2 Å². The third-order valence-electron chi connectivity index (χ3n) is 5.69. The van der Waals surface area contributed by atoms with E-state index in [9.17, 15) is 14.4 Å². The van der Waals surface area contributed by atoms with Crippen LogP contribution >= 0.6 is 0 Å². The summed E-state index contributed by atoms with van der Waals surface area (Å²) in [5.41, 5.74) is -0.190. The Bertz CT molecular complexity index is 982. The van der Waals surface area contributed by atoms with Crippen molar-refractivity contribution in [1.29, 1.82) is 0 Å². The Hall–Kier alpha value is -2.70. The van der Waals surface area contributed by atoms with Crippen LogP contribution in [-0.4, -0.2) is 33.8 Å². The smallest absolute Gasteiger partial charge is 0.360 e. The molecule has 0 radical (unpaired) electrons. The summed E-state index contributed by atoms with van der Waals surface area (Å²) in [6.07, 6.45) is 3.36. The van der Waals surface area contributed by atoms with E-state index in [1.54, 1.807) is 31.2 Å². The summed E-state index contributed by atoms with van der Waals surface area (Å²) in [7, 11) is 0. The standard InChI is InChI=1S/C23H31N3O4/c1-14(2)13-26-22(28)18-11-7-6-10-17(18)20(25-26)23(29)30-16(4)21(27)24-19-12-8-5-9-15(19)3/h6-7,10-11,14-16,19H,5,8-9,12-13H2,1-4H3,(H,24,27). The molecule has 2 aromatic rings. The van der Waals surface area contributed by atoms with Crippen molar-refractivity contribution in [2.45, 2.75) is 72.1 Å². The van der Waals surface area contributed by atoms with Crippen LogP contribution in [0.15, 0.2) is 29.1 Å². The van der Waals surface area contributed by atoms with E-state index in [1.807, 2.05) is 13.8 Å². The van der Waals surface area contributed by atoms with Gasteiger partial charge in [-0.3, -0.25) is 9.59 Å². The largest absolute Gasteiger partial charge is 0.448 e. The maximum Gasteiger partial charge on any atom is 0.360 e. The number of carbonyl (C=O) groups excluding carboxylic acids is 2. The van der Waals surface area contributed by atoms with Crippen LogP contribution in [0.4, 0.5) is 0 Å². The zero-order valence-corrected chi connectivity index (χ0v) is 18.2. The van der Waals surface area contributed by atoms with E-state index >= 15 is 0 Å². The highest BCUT2D eigenvalue weighted by molar-refractivity contribution is 6.02. The molecule has 3 atom stereocenters. The average molecular weight is 414 g/mol. The first kappa shape index (κ1) is 22.0. The van der Waals surface area contributed by atoms with E-state index in [2.05, 4.69) is 17.3 Å². The number of nitrogens with zero attached hydrogens (tertiary/aromatic N) is 2. The molecule has 1 aromatic carbocycles. The highest BCUT2D eigenvalue weighted by Crippen LogP contribution is 2.24. The molecule has 3 rings (SSSR count). The summed E-state index contributed by atoms with van der Waals surface area (Å²) >= 11 is 0. The Balaban J connectivity index is 1.81. The van der Waals surface area contributed by atoms with Crippen molar-refractivity contribution in [3.63, 3.8) is 0 Å². The molecule has 1 N–H and O–H groups in total. The molecule has 30 heavy (non-hydrogen) atoms. The molecule has 162 valence electrons. The molecule has 3 unspecified atom stereocenters. The van der Waals surface area contributed by atoms with Gasteiger partial charge in [0.25, 0.3) is 11.5 Å². The molecule has 1 saturated carbocycles. The van der Waals surface area contributed by atoms with Gasteiger partial charge < -0.3 is 10.1 Å². The second-order valence-corrected chi connectivity index (χ2v) is 8.70. The average Bonchev–Trinajstić information content (AvgIpc) is 2.71. The lowest BCUT2D eigenvalue weighted by atomic mass is 9.86. The molecule has 1 heterocycles. The fourth-order valence-corrected chi connectivity index (χ4v) is 3.96. The fourth-order valence-electron chi connectivity index (χ4n) is 3.96. The Labute approximate surface area is 176 Å². The Morgan fingerprint density at radius 1 is 1.17 bits per heavy atom. The number of aromatic nitrogens is 2. The van der Waals surface area contributed by atoms with E-state index in [-0.39, 0.29) is 29.1 Å². The zero-order valence-electron chi connectivity index (χ0n) is 18.2. The molecule has 0 aliphatic heterocycles. The Kier molecular flexibility index (Phi) is 6.90. The van der Waals surface area contributed by atoms with Crippen molar-refractivity contribution in [2.24, 2.45) is 11.8 Å². The first-order valence-corrected chi connectivity index (χ1v) is 10.8. The van der Waals surface area contributed by atoms with Gasteiger partial charge in [0, 0.05) is 18.0 Å². The molecule has 1 aromatic heterocycles. The van der Waals surface area contributed by atoms with Crippen LogP contribution in [0, 0.1) is 11.8 Å². The fraction of sp³-hybridized carbons (Fsp3) is 0.565. The molecular weight excluding hydrogens is 382 g/mol. The second kappa shape index (κ2) is 9.41. The number of fused-ring (bicyclic) bond motifs is 1. The predicted octanol–water partition coefficient (Wildman–Crippen LogP) is 3.29. The summed E-state index contributed by atoms with van der Waals surface area (Å²) in [6.45, 7) is 8.03. The SMILES string of the molecule is CC(C)Cn1nc(C(=O)OC(C)C(=O)NC2CCCCC2C)c2ccccc2c1=O. The minimum Gasteiger partial charge on any atom is -0.448 e. The number of benzene rings is 1. The molecule has 0 bridgehead atoms. The van der Waals surface area contributed by atoms with Crippen molar-refractivity contribution in [2.75, 3.05) is 0 Å². The quantitative estimate of drug-likeness (QED) is 0.734. The van der Waals surface area contributed by atoms with Crippen molar-refractivity contribution < 1.29 is 14.3 Å². The lowest BCUT2D eigenvalue weighted by molar-refractivity contribution is -0.130. The minimum absolute atomic E-state index is 0.0523. The molecule has 1 fully saturated rings. The summed E-state index contributed by atoms with van der Waals surface area (Å²) in [6, 6.07) is 6.95. The summed E-state index contributed by atoms with van der Waals surface area (Å²) in [4.78, 5) is 38.2. The number of hydrogen-bond donors (Lipinski definition) is 1. The molecule has 1 amide bonds. The van der Waals surface area contributed by atoms with Crippen LogP contribution in [0.2, 0.25) is 0 Å². The predicted molar refractivity (Wildman–Crippen MR) is 115 cm³/mol. The lowest BCUT2D eigenvalue weighted by Crippen LogP contribution is -2.46. The number of amides is 1. The minimum atomic E-state index is -0.947. The van der Waals surface area contributed by atoms with Gasteiger partial charge >= 0.3 is 5.97 Å². The van der Waals surface area contributed by atoms with Gasteiger partial charge in [0.15, 0.2) is 11.8 Å². The number of rotatable bonds is 6. The van der Waals surface area contributed by atoms with E-state index < -0.39 is 12.1 Å². The van der Waals surface area contributed by atoms with E-state index in [1.165, 1.54) is 11.1 Å². The van der Waals surface area contributed by atoms with Crippen molar-refractivity contribution in [3.05, 3.63) is 40.3 Å². The van der Waals surface area contributed by atoms with Crippen molar-refractivity contribution in [3.8, 4) is 0 Å². The first-order chi connectivity index (χ1) is 14.3. The zero-order chi connectivity index (χ0) is 21.8. The number of hydrogen-bond acceptors (Lipinski definition) is 5. The molecule has 1 aliphatic carbocycles. The summed E-state index contributed by atoms with van der Waals surface area (Å²) < 4.78 is 6.76. The first-order valence-electron chi connectivity index (χ1n) is 10.8. The van der Waals surface area contributed by atoms with Crippen LogP contribution < -0.4 is 10.9 Å². The molecule has 0 spiro atoms. The molecule has 0 saturated heterocycles. The maximum atomic E-state index is 12.9. The van der Waals surface area contributed by atoms with Gasteiger partial charge in [0.2, 0.25) is 0 Å². The van der Waals surface area contributed by atoms with Crippen molar-refractivity contribution in [1.82, 2.24) is 15.1 Å². The van der Waals surface area contributed by atoms with Gasteiger partial charge in [-0.15, -0.1) is 0 Å². The topological polar surface area (TPSA) is 90.3 Å². The lowest BCUT2D eigenvalue weighted by Gasteiger charge is -2.30. The van der Waals surface area contributed by atoms with Gasteiger partial charge in [-0.05, 0) is 37.7 Å². The van der Waals surface area contributed by atoms with Crippen LogP contribution in [0.5, 0.6) is 0 Å². The maximum absolute atomic E-state index is 12.9. The number of ether oxygens (including phenoxy) is 1. The summed E-state index contributed by atoms with van der Waals surface area (Å²) in [5.74, 6) is -0.414. The number of nitrogens with one attached hydrogen (secondary N) is 1. The van der Waals surface area contributed by atoms with Crippen LogP contribution in [-0.2, 0) is 16.1 Å². The Morgan fingerprint density at radius 3 is 2.50 bits per heavy atom. The molecular formula is C23H31N3O4. The van der Waals surface area contributed by atoms with Gasteiger partial charge in [0.05, 0.1) is 5.39 Å². The van der Waals surface area contributed by atoms with Crippen LogP contribution in [0.1, 0.15) is 63.9 Å². The monoisotopic (exact) mass is 413 g/mol. The third kappa shape index (κ3) is 4.89. The molecule has 1 aliphatic rings. The third-order valence-corrected chi connectivity index (χ3v) is 5.69. The Morgan fingerprint density at radius 2 is 1.83 bits per heavy atom. The van der Waals surface area contributed by atoms with E-state index in [4.69, 9.17) is 4.74 Å². The highest BCUT2D eigenvalue weighted by atomic mass is 16.5. The summed E-state index contributed by atoms with van der Waals surface area (Å²) in [5, 5.41) is 8.14.